The summed E-state index contributed by atoms with van der Waals surface area (Å²) >= 11 is 4.29. The van der Waals surface area contributed by atoms with Crippen LogP contribution in [-0.2, 0) is 0 Å². The molecule has 6 heteroatoms. The van der Waals surface area contributed by atoms with E-state index in [0.29, 0.717) is 0 Å². The van der Waals surface area contributed by atoms with E-state index in [9.17, 15) is 4.79 Å². The van der Waals surface area contributed by atoms with Gasteiger partial charge in [0.25, 0.3) is 0 Å². The van der Waals surface area contributed by atoms with Crippen LogP contribution in [0.3, 0.4) is 0 Å². The summed E-state index contributed by atoms with van der Waals surface area (Å²) in [5.41, 5.74) is 0. The molecule has 0 unspecified atom stereocenters. The molecule has 0 saturated carbocycles. The fourth-order valence-corrected chi connectivity index (χ4v) is 1.80. The average Bonchev–Trinajstić information content (AvgIpc) is 2.04. The minimum Gasteiger partial charge on any atom is -0.321 e. The van der Waals surface area contributed by atoms with Gasteiger partial charge in [0.05, 0.1) is 22.9 Å². The predicted octanol–water partition coefficient (Wildman–Crippen LogP) is 1.36. The van der Waals surface area contributed by atoms with E-state index in [1.807, 2.05) is 27.8 Å². The maximum Gasteiger partial charge on any atom is 0.328 e. The van der Waals surface area contributed by atoms with Crippen LogP contribution in [0.4, 0.5) is 4.79 Å². The normalized spacial score (nSPS) is 19.4. The highest BCUT2D eigenvalue weighted by molar-refractivity contribution is 14.1. The first-order valence-corrected chi connectivity index (χ1v) is 5.63. The van der Waals surface area contributed by atoms with Gasteiger partial charge < -0.3 is 4.90 Å². The molecule has 0 aliphatic carbocycles. The van der Waals surface area contributed by atoms with Gasteiger partial charge in [-0.05, 0) is 0 Å². The number of carbonyl (C=O) groups excluding carboxylic acids is 1. The Morgan fingerprint density at radius 3 is 2.25 bits per heavy atom. The summed E-state index contributed by atoms with van der Waals surface area (Å²) in [5.74, 6) is 0. The summed E-state index contributed by atoms with van der Waals surface area (Å²) in [6, 6.07) is 0.111. The number of halogens is 2. The molecule has 0 N–H and O–H groups in total. The first kappa shape index (κ1) is 10.8. The highest BCUT2D eigenvalue weighted by Crippen LogP contribution is 2.09. The molecular weight excluding hydrogens is 384 g/mol. The van der Waals surface area contributed by atoms with Crippen molar-refractivity contribution in [3.05, 3.63) is 0 Å². The molecule has 1 aliphatic heterocycles. The third kappa shape index (κ3) is 2.87. The van der Waals surface area contributed by atoms with Crippen molar-refractivity contribution in [3.8, 4) is 0 Å². The van der Waals surface area contributed by atoms with Gasteiger partial charge >= 0.3 is 6.03 Å². The Balaban J connectivity index is 2.39. The number of carbonyl (C=O) groups is 1. The summed E-state index contributed by atoms with van der Waals surface area (Å²) in [6.07, 6.45) is 0. The molecule has 4 nitrogen and oxygen atoms in total. The minimum atomic E-state index is 0.111. The third-order valence-electron chi connectivity index (χ3n) is 1.76. The summed E-state index contributed by atoms with van der Waals surface area (Å²) < 4.78 is 3.80. The smallest absolute Gasteiger partial charge is 0.321 e. The van der Waals surface area contributed by atoms with Crippen LogP contribution in [0.5, 0.6) is 0 Å². The molecule has 0 bridgehead atoms. The second-order valence-electron chi connectivity index (χ2n) is 2.66. The van der Waals surface area contributed by atoms with Gasteiger partial charge in [-0.15, -0.1) is 0 Å². The number of nitrogens with zero attached hydrogens (tertiary/aromatic N) is 3. The summed E-state index contributed by atoms with van der Waals surface area (Å²) in [6.45, 7) is 3.62. The van der Waals surface area contributed by atoms with E-state index in [2.05, 4.69) is 26.0 Å². The first-order valence-electron chi connectivity index (χ1n) is 3.70. The monoisotopic (exact) mass is 395 g/mol. The molecule has 0 aromatic heterocycles. The number of piperazine rings is 1. The molecule has 1 aliphatic rings. The highest BCUT2D eigenvalue weighted by Gasteiger charge is 2.21. The molecule has 1 saturated heterocycles. The Hall–Kier alpha value is 0.690. The summed E-state index contributed by atoms with van der Waals surface area (Å²) in [5, 5.41) is 0. The van der Waals surface area contributed by atoms with Crippen molar-refractivity contribution in [1.29, 1.82) is 0 Å². The quantitative estimate of drug-likeness (QED) is 0.458. The number of amides is 2. The van der Waals surface area contributed by atoms with Crippen molar-refractivity contribution in [2.45, 2.75) is 0 Å². The van der Waals surface area contributed by atoms with E-state index in [-0.39, 0.29) is 6.03 Å². The van der Waals surface area contributed by atoms with Gasteiger partial charge in [0.2, 0.25) is 0 Å². The van der Waals surface area contributed by atoms with Gasteiger partial charge in [-0.1, -0.05) is 0 Å². The average molecular weight is 395 g/mol. The van der Waals surface area contributed by atoms with Crippen LogP contribution in [0.15, 0.2) is 0 Å². The second kappa shape index (κ2) is 4.80. The standard InChI is InChI=1S/C6H11I2N3O/c1-9(7)6(12)10-2-4-11(8)5-3-10/h2-5H2,1H3. The van der Waals surface area contributed by atoms with Gasteiger partial charge in [0.1, 0.15) is 0 Å². The predicted molar refractivity (Wildman–Crippen MR) is 64.3 cm³/mol. The summed E-state index contributed by atoms with van der Waals surface area (Å²) in [4.78, 5) is 13.3. The van der Waals surface area contributed by atoms with Crippen molar-refractivity contribution in [3.63, 3.8) is 0 Å². The Bertz CT molecular complexity index is 168. The number of urea groups is 1. The Morgan fingerprint density at radius 1 is 1.33 bits per heavy atom. The lowest BCUT2D eigenvalue weighted by molar-refractivity contribution is 0.170. The molecule has 1 fully saturated rings. The van der Waals surface area contributed by atoms with E-state index < -0.39 is 0 Å². The fraction of sp³-hybridized carbons (Fsp3) is 0.833. The maximum atomic E-state index is 11.4. The first-order chi connectivity index (χ1) is 5.61. The van der Waals surface area contributed by atoms with Crippen LogP contribution in [-0.4, -0.2) is 50.4 Å². The van der Waals surface area contributed by atoms with Crippen molar-refractivity contribution in [2.75, 3.05) is 33.2 Å². The van der Waals surface area contributed by atoms with Crippen LogP contribution in [0.2, 0.25) is 0 Å². The van der Waals surface area contributed by atoms with Crippen LogP contribution in [0.25, 0.3) is 0 Å². The van der Waals surface area contributed by atoms with Gasteiger partial charge in [0, 0.05) is 56.1 Å². The molecule has 2 amide bonds. The molecule has 0 atom stereocenters. The Labute approximate surface area is 100 Å². The van der Waals surface area contributed by atoms with Gasteiger partial charge in [-0.3, -0.25) is 3.11 Å². The SMILES string of the molecule is CN(I)C(=O)N1CCN(I)CC1. The third-order valence-corrected chi connectivity index (χ3v) is 3.14. The molecule has 0 aromatic rings. The van der Waals surface area contributed by atoms with E-state index in [1.165, 1.54) is 0 Å². The zero-order chi connectivity index (χ0) is 9.14. The molecule has 12 heavy (non-hydrogen) atoms. The van der Waals surface area contributed by atoms with Crippen molar-refractivity contribution in [1.82, 2.24) is 11.1 Å². The second-order valence-corrected chi connectivity index (χ2v) is 5.47. The summed E-state index contributed by atoms with van der Waals surface area (Å²) in [7, 11) is 1.78. The van der Waals surface area contributed by atoms with Crippen molar-refractivity contribution in [2.24, 2.45) is 0 Å². The molecule has 0 aromatic carbocycles. The maximum absolute atomic E-state index is 11.4. The lowest BCUT2D eigenvalue weighted by Gasteiger charge is -2.32. The molecule has 70 valence electrons. The highest BCUT2D eigenvalue weighted by atomic mass is 127. The number of hydrogen-bond donors (Lipinski definition) is 0. The largest absolute Gasteiger partial charge is 0.328 e. The van der Waals surface area contributed by atoms with E-state index in [4.69, 9.17) is 0 Å². The zero-order valence-electron chi connectivity index (χ0n) is 6.83. The number of rotatable bonds is 0. The topological polar surface area (TPSA) is 26.8 Å². The van der Waals surface area contributed by atoms with Gasteiger partial charge in [0.15, 0.2) is 0 Å². The van der Waals surface area contributed by atoms with Gasteiger partial charge in [-0.2, -0.15) is 0 Å². The van der Waals surface area contributed by atoms with Crippen LogP contribution >= 0.6 is 45.7 Å². The van der Waals surface area contributed by atoms with Crippen molar-refractivity contribution >= 4 is 51.8 Å². The van der Waals surface area contributed by atoms with Crippen molar-refractivity contribution < 1.29 is 4.79 Å². The van der Waals surface area contributed by atoms with E-state index in [1.54, 1.807) is 10.2 Å². The Morgan fingerprint density at radius 2 is 1.83 bits per heavy atom. The Kier molecular flexibility index (Phi) is 4.30. The van der Waals surface area contributed by atoms with Gasteiger partial charge in [-0.25, -0.2) is 7.91 Å². The van der Waals surface area contributed by atoms with Crippen LogP contribution < -0.4 is 0 Å². The number of hydrogen-bond acceptors (Lipinski definition) is 2. The molecule has 1 rings (SSSR count). The van der Waals surface area contributed by atoms with Crippen LogP contribution in [0, 0.1) is 0 Å². The molecule has 0 radical (unpaired) electrons. The van der Waals surface area contributed by atoms with E-state index >= 15 is 0 Å². The molecule has 1 heterocycles. The lowest BCUT2D eigenvalue weighted by atomic mass is 10.4. The van der Waals surface area contributed by atoms with Crippen LogP contribution in [0.1, 0.15) is 0 Å². The fourth-order valence-electron chi connectivity index (χ4n) is 1.07. The van der Waals surface area contributed by atoms with E-state index in [0.717, 1.165) is 26.2 Å². The minimum absolute atomic E-state index is 0.111. The lowest BCUT2D eigenvalue weighted by Crippen LogP contribution is -2.47. The zero-order valence-corrected chi connectivity index (χ0v) is 11.1. The molecule has 0 spiro atoms. The molecular formula is C6H11I2N3O.